The number of carboxylic acid groups (broad SMARTS) is 1. The number of rotatable bonds is 5. The van der Waals surface area contributed by atoms with E-state index in [0.29, 0.717) is 11.4 Å². The monoisotopic (exact) mass is 359 g/mol. The highest BCUT2D eigenvalue weighted by atomic mass is 16.5. The van der Waals surface area contributed by atoms with Gasteiger partial charge in [0, 0.05) is 28.4 Å². The molecule has 2 aromatic heterocycles. The molecule has 4 aromatic rings. The number of hydrogen-bond donors (Lipinski definition) is 3. The number of H-pyrrole nitrogens is 1. The zero-order chi connectivity index (χ0) is 18.8. The molecule has 0 atom stereocenters. The van der Waals surface area contributed by atoms with Crippen molar-refractivity contribution in [3.8, 4) is 17.0 Å². The molecule has 3 N–H and O–H groups in total. The van der Waals surface area contributed by atoms with E-state index in [9.17, 15) is 4.79 Å². The van der Waals surface area contributed by atoms with Crippen LogP contribution in [0.25, 0.3) is 22.2 Å². The van der Waals surface area contributed by atoms with Crippen LogP contribution in [0, 0.1) is 0 Å². The zero-order valence-corrected chi connectivity index (χ0v) is 14.6. The van der Waals surface area contributed by atoms with E-state index in [2.05, 4.69) is 27.4 Å². The number of para-hydroxylation sites is 1. The van der Waals surface area contributed by atoms with Gasteiger partial charge >= 0.3 is 5.97 Å². The van der Waals surface area contributed by atoms with Gasteiger partial charge in [-0.3, -0.25) is 4.98 Å². The SMILES string of the molecule is COc1cc(C(=O)O)ccc1Nc1cncc(-c2cc3ccccc3[nH]2)c1. The van der Waals surface area contributed by atoms with Crippen LogP contribution in [0.3, 0.4) is 0 Å². The van der Waals surface area contributed by atoms with E-state index in [1.807, 2.05) is 24.3 Å². The summed E-state index contributed by atoms with van der Waals surface area (Å²) >= 11 is 0. The number of pyridine rings is 1. The first kappa shape index (κ1) is 16.7. The number of aromatic amines is 1. The fraction of sp³-hybridized carbons (Fsp3) is 0.0476. The number of anilines is 2. The first-order valence-electron chi connectivity index (χ1n) is 8.35. The molecule has 4 rings (SSSR count). The predicted molar refractivity (Wildman–Crippen MR) is 105 cm³/mol. The van der Waals surface area contributed by atoms with Gasteiger partial charge in [0.1, 0.15) is 5.75 Å². The van der Waals surface area contributed by atoms with Gasteiger partial charge in [-0.15, -0.1) is 0 Å². The Morgan fingerprint density at radius 3 is 2.74 bits per heavy atom. The van der Waals surface area contributed by atoms with E-state index in [4.69, 9.17) is 9.84 Å². The summed E-state index contributed by atoms with van der Waals surface area (Å²) in [5.74, 6) is -0.548. The molecule has 2 heterocycles. The Labute approximate surface area is 155 Å². The van der Waals surface area contributed by atoms with E-state index in [-0.39, 0.29) is 5.56 Å². The van der Waals surface area contributed by atoms with Crippen molar-refractivity contribution >= 4 is 28.2 Å². The molecule has 0 saturated carbocycles. The van der Waals surface area contributed by atoms with Crippen molar-refractivity contribution in [3.63, 3.8) is 0 Å². The summed E-state index contributed by atoms with van der Waals surface area (Å²) < 4.78 is 5.31. The minimum absolute atomic E-state index is 0.169. The summed E-state index contributed by atoms with van der Waals surface area (Å²) in [7, 11) is 1.51. The molecule has 2 aromatic carbocycles. The van der Waals surface area contributed by atoms with Gasteiger partial charge in [0.2, 0.25) is 0 Å². The standard InChI is InChI=1S/C21H17N3O3/c1-27-20-10-14(21(25)26)6-7-18(20)23-16-8-15(11-22-12-16)19-9-13-4-2-3-5-17(13)24-19/h2-12,23-24H,1H3,(H,25,26). The van der Waals surface area contributed by atoms with E-state index in [1.165, 1.54) is 19.2 Å². The number of ether oxygens (including phenoxy) is 1. The second kappa shape index (κ2) is 6.84. The number of methoxy groups -OCH3 is 1. The Morgan fingerprint density at radius 2 is 1.96 bits per heavy atom. The smallest absolute Gasteiger partial charge is 0.335 e. The largest absolute Gasteiger partial charge is 0.495 e. The average molecular weight is 359 g/mol. The van der Waals surface area contributed by atoms with Crippen molar-refractivity contribution in [2.24, 2.45) is 0 Å². The third-order valence-electron chi connectivity index (χ3n) is 4.31. The maximum atomic E-state index is 11.1. The summed E-state index contributed by atoms with van der Waals surface area (Å²) in [5, 5.41) is 13.5. The highest BCUT2D eigenvalue weighted by Crippen LogP contribution is 2.31. The number of benzene rings is 2. The Morgan fingerprint density at radius 1 is 1.11 bits per heavy atom. The van der Waals surface area contributed by atoms with Gasteiger partial charge in [-0.2, -0.15) is 0 Å². The van der Waals surface area contributed by atoms with Crippen molar-refractivity contribution in [1.82, 2.24) is 9.97 Å². The molecule has 6 heteroatoms. The Balaban J connectivity index is 1.66. The van der Waals surface area contributed by atoms with Gasteiger partial charge < -0.3 is 20.1 Å². The molecule has 27 heavy (non-hydrogen) atoms. The lowest BCUT2D eigenvalue weighted by Crippen LogP contribution is -2.00. The molecule has 0 bridgehead atoms. The van der Waals surface area contributed by atoms with Gasteiger partial charge in [-0.05, 0) is 36.4 Å². The normalized spacial score (nSPS) is 10.7. The topological polar surface area (TPSA) is 87.2 Å². The van der Waals surface area contributed by atoms with Gasteiger partial charge in [0.25, 0.3) is 0 Å². The quantitative estimate of drug-likeness (QED) is 0.481. The molecule has 6 nitrogen and oxygen atoms in total. The van der Waals surface area contributed by atoms with Crippen molar-refractivity contribution in [2.45, 2.75) is 0 Å². The van der Waals surface area contributed by atoms with Crippen molar-refractivity contribution in [3.05, 3.63) is 72.6 Å². The van der Waals surface area contributed by atoms with Crippen LogP contribution in [0.1, 0.15) is 10.4 Å². The van der Waals surface area contributed by atoms with E-state index >= 15 is 0 Å². The predicted octanol–water partition coefficient (Wildman–Crippen LogP) is 4.68. The average Bonchev–Trinajstić information content (AvgIpc) is 3.12. The lowest BCUT2D eigenvalue weighted by atomic mass is 10.1. The Kier molecular flexibility index (Phi) is 4.22. The minimum atomic E-state index is -0.998. The minimum Gasteiger partial charge on any atom is -0.495 e. The number of aromatic carboxylic acids is 1. The van der Waals surface area contributed by atoms with Crippen LogP contribution in [-0.2, 0) is 0 Å². The van der Waals surface area contributed by atoms with Gasteiger partial charge in [-0.25, -0.2) is 4.79 Å². The van der Waals surface area contributed by atoms with Crippen LogP contribution < -0.4 is 10.1 Å². The van der Waals surface area contributed by atoms with Gasteiger partial charge in [-0.1, -0.05) is 18.2 Å². The molecule has 134 valence electrons. The van der Waals surface area contributed by atoms with Crippen molar-refractivity contribution in [1.29, 1.82) is 0 Å². The molecule has 0 saturated heterocycles. The molecule has 0 amide bonds. The fourth-order valence-electron chi connectivity index (χ4n) is 2.97. The van der Waals surface area contributed by atoms with E-state index in [0.717, 1.165) is 27.8 Å². The molecule has 0 aliphatic heterocycles. The number of nitrogens with one attached hydrogen (secondary N) is 2. The highest BCUT2D eigenvalue weighted by molar-refractivity contribution is 5.89. The van der Waals surface area contributed by atoms with Crippen molar-refractivity contribution in [2.75, 3.05) is 12.4 Å². The van der Waals surface area contributed by atoms with Crippen LogP contribution in [-0.4, -0.2) is 28.2 Å². The summed E-state index contributed by atoms with van der Waals surface area (Å²) in [6, 6.07) is 16.8. The van der Waals surface area contributed by atoms with Crippen LogP contribution in [0.4, 0.5) is 11.4 Å². The lowest BCUT2D eigenvalue weighted by molar-refractivity contribution is 0.0696. The number of aromatic nitrogens is 2. The third-order valence-corrected chi connectivity index (χ3v) is 4.31. The van der Waals surface area contributed by atoms with Crippen LogP contribution in [0.15, 0.2) is 67.0 Å². The molecular formula is C21H17N3O3. The zero-order valence-electron chi connectivity index (χ0n) is 14.6. The van der Waals surface area contributed by atoms with E-state index in [1.54, 1.807) is 18.5 Å². The first-order valence-corrected chi connectivity index (χ1v) is 8.35. The van der Waals surface area contributed by atoms with Gasteiger partial charge in [0.05, 0.1) is 30.2 Å². The highest BCUT2D eigenvalue weighted by Gasteiger charge is 2.10. The maximum absolute atomic E-state index is 11.1. The number of nitrogens with zero attached hydrogens (tertiary/aromatic N) is 1. The van der Waals surface area contributed by atoms with Crippen LogP contribution in [0.5, 0.6) is 5.75 Å². The lowest BCUT2D eigenvalue weighted by Gasteiger charge is -2.12. The number of carbonyl (C=O) groups is 1. The number of hydrogen-bond acceptors (Lipinski definition) is 4. The first-order chi connectivity index (χ1) is 13.1. The summed E-state index contributed by atoms with van der Waals surface area (Å²) in [6.45, 7) is 0. The molecule has 0 aliphatic carbocycles. The second-order valence-corrected chi connectivity index (χ2v) is 6.08. The van der Waals surface area contributed by atoms with E-state index < -0.39 is 5.97 Å². The van der Waals surface area contributed by atoms with Gasteiger partial charge in [0.15, 0.2) is 0 Å². The molecule has 0 spiro atoms. The number of fused-ring (bicyclic) bond motifs is 1. The van der Waals surface area contributed by atoms with Crippen molar-refractivity contribution < 1.29 is 14.6 Å². The summed E-state index contributed by atoms with van der Waals surface area (Å²) in [5.41, 5.74) is 4.59. The maximum Gasteiger partial charge on any atom is 0.335 e. The summed E-state index contributed by atoms with van der Waals surface area (Å²) in [4.78, 5) is 18.8. The molecule has 0 aliphatic rings. The fourth-order valence-corrected chi connectivity index (χ4v) is 2.97. The molecule has 0 unspecified atom stereocenters. The molecule has 0 radical (unpaired) electrons. The Bertz CT molecular complexity index is 1100. The molecular weight excluding hydrogens is 342 g/mol. The summed E-state index contributed by atoms with van der Waals surface area (Å²) in [6.07, 6.45) is 3.50. The Hall–Kier alpha value is -3.80. The number of carboxylic acids is 1. The van der Waals surface area contributed by atoms with Crippen LogP contribution >= 0.6 is 0 Å². The molecule has 0 fully saturated rings. The third kappa shape index (κ3) is 3.32. The second-order valence-electron chi connectivity index (χ2n) is 6.08. The van der Waals surface area contributed by atoms with Crippen LogP contribution in [0.2, 0.25) is 0 Å².